The van der Waals surface area contributed by atoms with E-state index in [2.05, 4.69) is 31.1 Å². The molecule has 0 aliphatic carbocycles. The molecular formula is C20H14BrN3O4. The van der Waals surface area contributed by atoms with Gasteiger partial charge in [-0.25, -0.2) is 0 Å². The van der Waals surface area contributed by atoms with Gasteiger partial charge in [0, 0.05) is 9.86 Å². The Morgan fingerprint density at radius 1 is 1.14 bits per heavy atom. The number of aromatic hydroxyl groups is 1. The van der Waals surface area contributed by atoms with Crippen molar-refractivity contribution in [3.05, 3.63) is 76.7 Å². The van der Waals surface area contributed by atoms with Crippen LogP contribution in [0.3, 0.4) is 0 Å². The summed E-state index contributed by atoms with van der Waals surface area (Å²) in [6.45, 7) is 0.187. The van der Waals surface area contributed by atoms with Crippen LogP contribution in [0, 0.1) is 0 Å². The Labute approximate surface area is 167 Å². The molecule has 0 saturated heterocycles. The summed E-state index contributed by atoms with van der Waals surface area (Å²) < 4.78 is 11.9. The first-order valence-corrected chi connectivity index (χ1v) is 9.12. The summed E-state index contributed by atoms with van der Waals surface area (Å²) in [5.74, 6) is 0.408. The monoisotopic (exact) mass is 439 g/mol. The fraction of sp³-hybridized carbons (Fsp3) is 0.0500. The van der Waals surface area contributed by atoms with E-state index in [1.165, 1.54) is 6.07 Å². The standard InChI is InChI=1S/C20H14BrN3O4/c21-12-6-8-15-16(10-12)22-20(26)18(15)23-24-19(25)17-9-7-14(28-17)11-27-13-4-2-1-3-5-13/h1-10,22,26H,11H2. The topological polar surface area (TPSA) is 100 Å². The minimum Gasteiger partial charge on any atom is -0.493 e. The zero-order chi connectivity index (χ0) is 19.5. The predicted octanol–water partition coefficient (Wildman–Crippen LogP) is 5.73. The van der Waals surface area contributed by atoms with E-state index in [-0.39, 0.29) is 23.9 Å². The van der Waals surface area contributed by atoms with Crippen molar-refractivity contribution < 1.29 is 19.1 Å². The molecule has 4 rings (SSSR count). The van der Waals surface area contributed by atoms with Crippen molar-refractivity contribution in [3.8, 4) is 11.6 Å². The smallest absolute Gasteiger partial charge is 0.331 e. The number of aromatic amines is 1. The molecule has 2 aromatic carbocycles. The van der Waals surface area contributed by atoms with Gasteiger partial charge in [-0.3, -0.25) is 4.79 Å². The first-order valence-electron chi connectivity index (χ1n) is 8.33. The number of nitrogens with one attached hydrogen (secondary N) is 1. The fourth-order valence-corrected chi connectivity index (χ4v) is 2.99. The number of carbonyl (C=O) groups excluding carboxylic acids is 1. The third-order valence-corrected chi connectivity index (χ3v) is 4.44. The molecule has 0 aliphatic heterocycles. The molecule has 0 fully saturated rings. The van der Waals surface area contributed by atoms with E-state index >= 15 is 0 Å². The molecule has 7 nitrogen and oxygen atoms in total. The van der Waals surface area contributed by atoms with Gasteiger partial charge in [-0.2, -0.15) is 0 Å². The van der Waals surface area contributed by atoms with Crippen LogP contribution in [0.2, 0.25) is 0 Å². The summed E-state index contributed by atoms with van der Waals surface area (Å²) in [6.07, 6.45) is 0. The van der Waals surface area contributed by atoms with Crippen LogP contribution < -0.4 is 4.74 Å². The highest BCUT2D eigenvalue weighted by Crippen LogP contribution is 2.36. The Morgan fingerprint density at radius 3 is 2.79 bits per heavy atom. The van der Waals surface area contributed by atoms with Gasteiger partial charge in [0.15, 0.2) is 11.4 Å². The number of hydrogen-bond acceptors (Lipinski definition) is 5. The zero-order valence-corrected chi connectivity index (χ0v) is 16.0. The Bertz CT molecular complexity index is 1160. The Kier molecular flexibility index (Phi) is 4.94. The van der Waals surface area contributed by atoms with Crippen LogP contribution in [-0.2, 0) is 6.61 Å². The average molecular weight is 440 g/mol. The van der Waals surface area contributed by atoms with Crippen molar-refractivity contribution in [3.63, 3.8) is 0 Å². The van der Waals surface area contributed by atoms with Gasteiger partial charge in [0.1, 0.15) is 18.1 Å². The van der Waals surface area contributed by atoms with Crippen molar-refractivity contribution in [2.24, 2.45) is 10.2 Å². The molecule has 140 valence electrons. The molecule has 0 atom stereocenters. The third kappa shape index (κ3) is 3.81. The van der Waals surface area contributed by atoms with Gasteiger partial charge >= 0.3 is 5.91 Å². The number of halogens is 1. The van der Waals surface area contributed by atoms with Crippen molar-refractivity contribution >= 4 is 38.4 Å². The number of furan rings is 1. The second-order valence-electron chi connectivity index (χ2n) is 5.88. The van der Waals surface area contributed by atoms with Gasteiger partial charge in [0.05, 0.1) is 5.52 Å². The van der Waals surface area contributed by atoms with Crippen LogP contribution in [0.15, 0.2) is 79.8 Å². The number of fused-ring (bicyclic) bond motifs is 1. The minimum atomic E-state index is -0.656. The zero-order valence-electron chi connectivity index (χ0n) is 14.4. The van der Waals surface area contributed by atoms with Crippen LogP contribution in [0.1, 0.15) is 16.3 Å². The summed E-state index contributed by atoms with van der Waals surface area (Å²) in [5.41, 5.74) is 0.863. The van der Waals surface area contributed by atoms with E-state index in [0.29, 0.717) is 22.4 Å². The van der Waals surface area contributed by atoms with Crippen molar-refractivity contribution in [1.29, 1.82) is 0 Å². The maximum absolute atomic E-state index is 12.2. The van der Waals surface area contributed by atoms with Gasteiger partial charge in [-0.1, -0.05) is 34.1 Å². The summed E-state index contributed by atoms with van der Waals surface area (Å²) in [5, 5.41) is 18.2. The van der Waals surface area contributed by atoms with Gasteiger partial charge < -0.3 is 19.2 Å². The second-order valence-corrected chi connectivity index (χ2v) is 6.80. The molecule has 0 saturated carbocycles. The molecule has 0 aliphatic rings. The number of nitrogens with zero attached hydrogens (tertiary/aromatic N) is 2. The molecule has 2 N–H and O–H groups in total. The SMILES string of the molecule is O=C(N=Nc1c(O)[nH]c2cc(Br)ccc12)c1ccc(COc2ccccc2)o1. The first-order chi connectivity index (χ1) is 13.6. The highest BCUT2D eigenvalue weighted by atomic mass is 79.9. The van der Waals surface area contributed by atoms with E-state index in [1.807, 2.05) is 36.4 Å². The number of H-pyrrole nitrogens is 1. The molecule has 0 unspecified atom stereocenters. The average Bonchev–Trinajstić information content (AvgIpc) is 3.29. The molecule has 2 aromatic heterocycles. The van der Waals surface area contributed by atoms with E-state index in [0.717, 1.165) is 4.47 Å². The molecule has 28 heavy (non-hydrogen) atoms. The molecule has 0 radical (unpaired) electrons. The van der Waals surface area contributed by atoms with Crippen LogP contribution in [-0.4, -0.2) is 16.0 Å². The Morgan fingerprint density at radius 2 is 1.96 bits per heavy atom. The lowest BCUT2D eigenvalue weighted by Gasteiger charge is -2.02. The van der Waals surface area contributed by atoms with Crippen molar-refractivity contribution in [2.75, 3.05) is 0 Å². The number of benzene rings is 2. The van der Waals surface area contributed by atoms with Crippen molar-refractivity contribution in [2.45, 2.75) is 6.61 Å². The summed E-state index contributed by atoms with van der Waals surface area (Å²) in [6, 6.07) is 17.8. The van der Waals surface area contributed by atoms with E-state index in [4.69, 9.17) is 9.15 Å². The predicted molar refractivity (Wildman–Crippen MR) is 106 cm³/mol. The largest absolute Gasteiger partial charge is 0.493 e. The molecule has 0 spiro atoms. The van der Waals surface area contributed by atoms with Gasteiger partial charge in [-0.05, 0) is 42.5 Å². The maximum atomic E-state index is 12.2. The number of amides is 1. The second kappa shape index (κ2) is 7.69. The molecule has 1 amide bonds. The fourth-order valence-electron chi connectivity index (χ4n) is 2.63. The van der Waals surface area contributed by atoms with Gasteiger partial charge in [-0.15, -0.1) is 10.2 Å². The highest BCUT2D eigenvalue weighted by Gasteiger charge is 2.14. The van der Waals surface area contributed by atoms with Crippen LogP contribution in [0.4, 0.5) is 5.69 Å². The molecule has 2 heterocycles. The minimum absolute atomic E-state index is 0.0393. The number of hydrogen-bond donors (Lipinski definition) is 2. The lowest BCUT2D eigenvalue weighted by atomic mass is 10.2. The van der Waals surface area contributed by atoms with E-state index in [9.17, 15) is 9.90 Å². The van der Waals surface area contributed by atoms with Crippen molar-refractivity contribution in [1.82, 2.24) is 4.98 Å². The van der Waals surface area contributed by atoms with Crippen LogP contribution >= 0.6 is 15.9 Å². The van der Waals surface area contributed by atoms with Gasteiger partial charge in [0.2, 0.25) is 5.88 Å². The number of rotatable bonds is 5. The first kappa shape index (κ1) is 18.0. The van der Waals surface area contributed by atoms with E-state index in [1.54, 1.807) is 18.2 Å². The normalized spacial score (nSPS) is 11.3. The Balaban J connectivity index is 1.47. The summed E-state index contributed by atoms with van der Waals surface area (Å²) in [4.78, 5) is 15.0. The number of para-hydroxylation sites is 1. The van der Waals surface area contributed by atoms with Crippen LogP contribution in [0.25, 0.3) is 10.9 Å². The van der Waals surface area contributed by atoms with Gasteiger partial charge in [0.25, 0.3) is 0 Å². The summed E-state index contributed by atoms with van der Waals surface area (Å²) >= 11 is 3.36. The highest BCUT2D eigenvalue weighted by molar-refractivity contribution is 9.10. The maximum Gasteiger partial charge on any atom is 0.331 e. The number of azo groups is 1. The number of aromatic nitrogens is 1. The number of carbonyl (C=O) groups is 1. The molecule has 8 heteroatoms. The third-order valence-electron chi connectivity index (χ3n) is 3.95. The quantitative estimate of drug-likeness (QED) is 0.387. The van der Waals surface area contributed by atoms with E-state index < -0.39 is 5.91 Å². The summed E-state index contributed by atoms with van der Waals surface area (Å²) in [7, 11) is 0. The van der Waals surface area contributed by atoms with Crippen LogP contribution in [0.5, 0.6) is 11.6 Å². The Hall–Kier alpha value is -3.39. The lowest BCUT2D eigenvalue weighted by molar-refractivity contribution is 0.0964. The lowest BCUT2D eigenvalue weighted by Crippen LogP contribution is -1.94. The molecular weight excluding hydrogens is 426 g/mol. The molecule has 0 bridgehead atoms. The molecule has 4 aromatic rings. The number of ether oxygens (including phenoxy) is 1.